The Morgan fingerprint density at radius 1 is 1.28 bits per heavy atom. The van der Waals surface area contributed by atoms with Gasteiger partial charge in [0.15, 0.2) is 0 Å². The number of hydrogen-bond donors (Lipinski definition) is 2. The first-order valence-corrected chi connectivity index (χ1v) is 5.77. The molecule has 18 heavy (non-hydrogen) atoms. The molecule has 2 aromatic rings. The number of aryl methyl sites for hydroxylation is 1. The molecule has 0 fully saturated rings. The molecule has 2 amide bonds. The minimum atomic E-state index is -0.312. The maximum absolute atomic E-state index is 11.7. The standard InChI is InChI=1S/C13H12ClN3O/c1-9-7-10(14)4-5-12(9)17-13(18)16-11-3-2-6-15-8-11/h2-8H,1H3,(H2,16,17,18). The number of nitrogens with zero attached hydrogens (tertiary/aromatic N) is 1. The summed E-state index contributed by atoms with van der Waals surface area (Å²) < 4.78 is 0. The highest BCUT2D eigenvalue weighted by atomic mass is 35.5. The van der Waals surface area contributed by atoms with Crippen molar-refractivity contribution in [3.05, 3.63) is 53.3 Å². The first-order chi connectivity index (χ1) is 8.65. The Bertz CT molecular complexity index is 557. The summed E-state index contributed by atoms with van der Waals surface area (Å²) in [5.74, 6) is 0. The zero-order chi connectivity index (χ0) is 13.0. The number of carbonyl (C=O) groups is 1. The molecule has 4 nitrogen and oxygen atoms in total. The smallest absolute Gasteiger partial charge is 0.307 e. The molecule has 1 heterocycles. The van der Waals surface area contributed by atoms with Crippen molar-refractivity contribution in [3.8, 4) is 0 Å². The fourth-order valence-corrected chi connectivity index (χ4v) is 1.72. The number of urea groups is 1. The van der Waals surface area contributed by atoms with Crippen molar-refractivity contribution in [2.75, 3.05) is 10.6 Å². The Morgan fingerprint density at radius 3 is 2.78 bits per heavy atom. The van der Waals surface area contributed by atoms with Crippen LogP contribution in [0.3, 0.4) is 0 Å². The molecule has 0 aliphatic carbocycles. The van der Waals surface area contributed by atoms with Crippen molar-refractivity contribution in [1.29, 1.82) is 0 Å². The lowest BCUT2D eigenvalue weighted by Gasteiger charge is -2.09. The molecule has 0 atom stereocenters. The molecule has 0 aliphatic rings. The van der Waals surface area contributed by atoms with Crippen LogP contribution in [0.5, 0.6) is 0 Å². The zero-order valence-corrected chi connectivity index (χ0v) is 10.5. The van der Waals surface area contributed by atoms with Crippen LogP contribution < -0.4 is 10.6 Å². The average Bonchev–Trinajstić information content (AvgIpc) is 2.34. The Morgan fingerprint density at radius 2 is 2.11 bits per heavy atom. The van der Waals surface area contributed by atoms with Crippen LogP contribution in [0.2, 0.25) is 5.02 Å². The molecule has 5 heteroatoms. The van der Waals surface area contributed by atoms with Crippen molar-refractivity contribution in [1.82, 2.24) is 4.98 Å². The Labute approximate surface area is 110 Å². The number of carbonyl (C=O) groups excluding carboxylic acids is 1. The van der Waals surface area contributed by atoms with Gasteiger partial charge >= 0.3 is 6.03 Å². The summed E-state index contributed by atoms with van der Waals surface area (Å²) in [6.07, 6.45) is 3.22. The van der Waals surface area contributed by atoms with Gasteiger partial charge in [-0.15, -0.1) is 0 Å². The van der Waals surface area contributed by atoms with Crippen LogP contribution in [0.25, 0.3) is 0 Å². The van der Waals surface area contributed by atoms with Gasteiger partial charge in [0.2, 0.25) is 0 Å². The predicted molar refractivity (Wildman–Crippen MR) is 73.1 cm³/mol. The van der Waals surface area contributed by atoms with E-state index < -0.39 is 0 Å². The molecule has 0 saturated carbocycles. The van der Waals surface area contributed by atoms with E-state index in [-0.39, 0.29) is 6.03 Å². The number of aromatic nitrogens is 1. The Hall–Kier alpha value is -2.07. The molecule has 0 saturated heterocycles. The number of rotatable bonds is 2. The molecule has 0 bridgehead atoms. The third kappa shape index (κ3) is 3.21. The SMILES string of the molecule is Cc1cc(Cl)ccc1NC(=O)Nc1cccnc1. The van der Waals surface area contributed by atoms with Crippen LogP contribution in [0.1, 0.15) is 5.56 Å². The number of hydrogen-bond acceptors (Lipinski definition) is 2. The van der Waals surface area contributed by atoms with E-state index in [1.54, 1.807) is 42.7 Å². The third-order valence-corrected chi connectivity index (χ3v) is 2.59. The Balaban J connectivity index is 2.03. The first kappa shape index (κ1) is 12.4. The van der Waals surface area contributed by atoms with Crippen molar-refractivity contribution in [2.45, 2.75) is 6.92 Å². The molecule has 1 aromatic carbocycles. The molecule has 0 spiro atoms. The highest BCUT2D eigenvalue weighted by Gasteiger charge is 2.05. The predicted octanol–water partition coefficient (Wildman–Crippen LogP) is 3.69. The third-order valence-electron chi connectivity index (χ3n) is 2.36. The molecule has 2 N–H and O–H groups in total. The van der Waals surface area contributed by atoms with E-state index in [0.717, 1.165) is 11.3 Å². The quantitative estimate of drug-likeness (QED) is 0.866. The topological polar surface area (TPSA) is 54.0 Å². The number of pyridine rings is 1. The number of nitrogens with one attached hydrogen (secondary N) is 2. The molecule has 1 aromatic heterocycles. The lowest BCUT2D eigenvalue weighted by atomic mass is 10.2. The van der Waals surface area contributed by atoms with E-state index in [9.17, 15) is 4.79 Å². The number of benzene rings is 1. The lowest BCUT2D eigenvalue weighted by Crippen LogP contribution is -2.19. The van der Waals surface area contributed by atoms with Gasteiger partial charge in [-0.2, -0.15) is 0 Å². The summed E-state index contributed by atoms with van der Waals surface area (Å²) in [5.41, 5.74) is 2.27. The van der Waals surface area contributed by atoms with E-state index in [0.29, 0.717) is 10.7 Å². The largest absolute Gasteiger partial charge is 0.323 e. The Kier molecular flexibility index (Phi) is 3.79. The van der Waals surface area contributed by atoms with Gasteiger partial charge < -0.3 is 10.6 Å². The van der Waals surface area contributed by atoms with Crippen LogP contribution in [0.15, 0.2) is 42.7 Å². The van der Waals surface area contributed by atoms with Crippen LogP contribution in [0.4, 0.5) is 16.2 Å². The normalized spacial score (nSPS) is 9.89. The van der Waals surface area contributed by atoms with Crippen LogP contribution in [-0.4, -0.2) is 11.0 Å². The highest BCUT2D eigenvalue weighted by Crippen LogP contribution is 2.19. The van der Waals surface area contributed by atoms with Gasteiger partial charge in [0.05, 0.1) is 11.9 Å². The second kappa shape index (κ2) is 5.51. The van der Waals surface area contributed by atoms with E-state index in [1.165, 1.54) is 0 Å². The van der Waals surface area contributed by atoms with E-state index in [2.05, 4.69) is 15.6 Å². The average molecular weight is 262 g/mol. The van der Waals surface area contributed by atoms with E-state index in [1.807, 2.05) is 6.92 Å². The molecule has 92 valence electrons. The summed E-state index contributed by atoms with van der Waals surface area (Å²) >= 11 is 5.85. The van der Waals surface area contributed by atoms with Gasteiger partial charge in [-0.3, -0.25) is 4.98 Å². The first-order valence-electron chi connectivity index (χ1n) is 5.39. The maximum Gasteiger partial charge on any atom is 0.323 e. The summed E-state index contributed by atoms with van der Waals surface area (Å²) in [6, 6.07) is 8.49. The molecule has 0 aliphatic heterocycles. The van der Waals surface area contributed by atoms with Gasteiger partial charge in [0, 0.05) is 16.9 Å². The van der Waals surface area contributed by atoms with Crippen LogP contribution >= 0.6 is 11.6 Å². The second-order valence-corrected chi connectivity index (χ2v) is 4.22. The van der Waals surface area contributed by atoms with E-state index >= 15 is 0 Å². The summed E-state index contributed by atoms with van der Waals surface area (Å²) in [7, 11) is 0. The second-order valence-electron chi connectivity index (χ2n) is 3.78. The van der Waals surface area contributed by atoms with Gasteiger partial charge in [0.25, 0.3) is 0 Å². The number of amides is 2. The summed E-state index contributed by atoms with van der Waals surface area (Å²) in [5, 5.41) is 6.08. The van der Waals surface area contributed by atoms with Crippen molar-refractivity contribution in [2.24, 2.45) is 0 Å². The fraction of sp³-hybridized carbons (Fsp3) is 0.0769. The molecule has 0 unspecified atom stereocenters. The maximum atomic E-state index is 11.7. The molecule has 0 radical (unpaired) electrons. The fourth-order valence-electron chi connectivity index (χ4n) is 1.49. The van der Waals surface area contributed by atoms with Crippen molar-refractivity contribution < 1.29 is 4.79 Å². The van der Waals surface area contributed by atoms with Gasteiger partial charge in [-0.1, -0.05) is 11.6 Å². The summed E-state index contributed by atoms with van der Waals surface area (Å²) in [6.45, 7) is 1.88. The highest BCUT2D eigenvalue weighted by molar-refractivity contribution is 6.30. The zero-order valence-electron chi connectivity index (χ0n) is 9.77. The monoisotopic (exact) mass is 261 g/mol. The van der Waals surface area contributed by atoms with Gasteiger partial charge in [-0.05, 0) is 42.8 Å². The number of anilines is 2. The van der Waals surface area contributed by atoms with Gasteiger partial charge in [0.1, 0.15) is 0 Å². The lowest BCUT2D eigenvalue weighted by molar-refractivity contribution is 0.262. The van der Waals surface area contributed by atoms with E-state index in [4.69, 9.17) is 11.6 Å². The van der Waals surface area contributed by atoms with Crippen LogP contribution in [0, 0.1) is 6.92 Å². The van der Waals surface area contributed by atoms with Crippen LogP contribution in [-0.2, 0) is 0 Å². The summed E-state index contributed by atoms with van der Waals surface area (Å²) in [4.78, 5) is 15.7. The minimum Gasteiger partial charge on any atom is -0.307 e. The number of halogens is 1. The molecular formula is C13H12ClN3O. The molecule has 2 rings (SSSR count). The van der Waals surface area contributed by atoms with Crippen molar-refractivity contribution in [3.63, 3.8) is 0 Å². The minimum absolute atomic E-state index is 0.312. The van der Waals surface area contributed by atoms with Crippen molar-refractivity contribution >= 4 is 29.0 Å². The molecular weight excluding hydrogens is 250 g/mol. The van der Waals surface area contributed by atoms with Gasteiger partial charge in [-0.25, -0.2) is 4.79 Å².